The van der Waals surface area contributed by atoms with Crippen LogP contribution in [-0.2, 0) is 0 Å². The molecule has 0 aromatic carbocycles. The molecule has 2 N–H and O–H groups in total. The van der Waals surface area contributed by atoms with Gasteiger partial charge in [0.1, 0.15) is 0 Å². The highest BCUT2D eigenvalue weighted by Crippen LogP contribution is 2.23. The summed E-state index contributed by atoms with van der Waals surface area (Å²) in [7, 11) is 0. The lowest BCUT2D eigenvalue weighted by molar-refractivity contribution is 0.281. The Kier molecular flexibility index (Phi) is 4.11. The van der Waals surface area contributed by atoms with Crippen molar-refractivity contribution < 1.29 is 0 Å². The van der Waals surface area contributed by atoms with Crippen LogP contribution in [0.4, 0.5) is 0 Å². The minimum absolute atomic E-state index is 0.145. The molecule has 0 bridgehead atoms. The number of rotatable bonds is 3. The highest BCUT2D eigenvalue weighted by Gasteiger charge is 2.23. The van der Waals surface area contributed by atoms with Gasteiger partial charge in [0.25, 0.3) is 0 Å². The van der Waals surface area contributed by atoms with Crippen molar-refractivity contribution in [3.05, 3.63) is 0 Å². The molecule has 0 radical (unpaired) electrons. The smallest absolute Gasteiger partial charge is 0.0109 e. The third-order valence-corrected chi connectivity index (χ3v) is 2.17. The van der Waals surface area contributed by atoms with Crippen LogP contribution in [0.2, 0.25) is 0 Å². The van der Waals surface area contributed by atoms with Crippen molar-refractivity contribution in [2.24, 2.45) is 11.3 Å². The van der Waals surface area contributed by atoms with Gasteiger partial charge in [-0.3, -0.25) is 0 Å². The Morgan fingerprint density at radius 1 is 1.15 bits per heavy atom. The van der Waals surface area contributed by atoms with Crippen LogP contribution in [0.1, 0.15) is 41.5 Å². The molecule has 78 valence electrons. The summed E-state index contributed by atoms with van der Waals surface area (Å²) in [4.78, 5) is 0. The molecule has 0 fully saturated rings. The van der Waals surface area contributed by atoms with Gasteiger partial charge in [0.15, 0.2) is 0 Å². The molecule has 1 unspecified atom stereocenters. The van der Waals surface area contributed by atoms with E-state index in [-0.39, 0.29) is 11.0 Å². The fourth-order valence-corrected chi connectivity index (χ4v) is 1.03. The van der Waals surface area contributed by atoms with Crippen molar-refractivity contribution in [3.8, 4) is 0 Å². The molecule has 2 heteroatoms. The average molecular weight is 184 g/mol. The van der Waals surface area contributed by atoms with Crippen LogP contribution in [0.3, 0.4) is 0 Å². The largest absolute Gasteiger partial charge is 0.313 e. The molecule has 0 rings (SSSR count). The third-order valence-electron chi connectivity index (χ3n) is 2.17. The van der Waals surface area contributed by atoms with Crippen LogP contribution in [0.25, 0.3) is 0 Å². The van der Waals surface area contributed by atoms with Gasteiger partial charge in [-0.15, -0.1) is 0 Å². The topological polar surface area (TPSA) is 35.9 Å². The van der Waals surface area contributed by atoms with Crippen molar-refractivity contribution in [1.29, 1.82) is 5.41 Å². The van der Waals surface area contributed by atoms with Crippen LogP contribution in [-0.4, -0.2) is 18.3 Å². The van der Waals surface area contributed by atoms with Gasteiger partial charge in [0.2, 0.25) is 0 Å². The molecule has 2 nitrogen and oxygen atoms in total. The van der Waals surface area contributed by atoms with Gasteiger partial charge in [0, 0.05) is 24.2 Å². The minimum atomic E-state index is 0.145. The number of nitrogens with one attached hydrogen (secondary N) is 2. The zero-order valence-corrected chi connectivity index (χ0v) is 9.86. The summed E-state index contributed by atoms with van der Waals surface area (Å²) in [6, 6.07) is 0. The van der Waals surface area contributed by atoms with E-state index in [4.69, 9.17) is 5.41 Å². The van der Waals surface area contributed by atoms with Gasteiger partial charge in [-0.1, -0.05) is 20.8 Å². The second kappa shape index (κ2) is 4.23. The second-order valence-electron chi connectivity index (χ2n) is 5.77. The highest BCUT2D eigenvalue weighted by molar-refractivity contribution is 5.58. The summed E-state index contributed by atoms with van der Waals surface area (Å²) >= 11 is 0. The maximum Gasteiger partial charge on any atom is 0.0109 e. The van der Waals surface area contributed by atoms with E-state index >= 15 is 0 Å². The van der Waals surface area contributed by atoms with E-state index in [1.807, 2.05) is 0 Å². The predicted molar refractivity (Wildman–Crippen MR) is 59.5 cm³/mol. The lowest BCUT2D eigenvalue weighted by Gasteiger charge is -2.31. The standard InChI is InChI=1S/C11H24N2/c1-10(2,3)9(7-12)8-13-11(4,5)6/h7,9,12-13H,8H2,1-6H3. The van der Waals surface area contributed by atoms with Crippen LogP contribution in [0.15, 0.2) is 0 Å². The van der Waals surface area contributed by atoms with Crippen LogP contribution < -0.4 is 5.32 Å². The van der Waals surface area contributed by atoms with E-state index in [0.717, 1.165) is 6.54 Å². The van der Waals surface area contributed by atoms with E-state index in [2.05, 4.69) is 46.9 Å². The minimum Gasteiger partial charge on any atom is -0.313 e. The maximum absolute atomic E-state index is 7.36. The van der Waals surface area contributed by atoms with Gasteiger partial charge < -0.3 is 10.7 Å². The van der Waals surface area contributed by atoms with E-state index in [0.29, 0.717) is 5.92 Å². The fraction of sp³-hybridized carbons (Fsp3) is 0.909. The van der Waals surface area contributed by atoms with E-state index < -0.39 is 0 Å². The van der Waals surface area contributed by atoms with Crippen LogP contribution in [0, 0.1) is 16.7 Å². The molecule has 0 aliphatic carbocycles. The van der Waals surface area contributed by atoms with Gasteiger partial charge in [-0.05, 0) is 26.2 Å². The summed E-state index contributed by atoms with van der Waals surface area (Å²) in [5, 5.41) is 10.8. The van der Waals surface area contributed by atoms with Crippen LogP contribution >= 0.6 is 0 Å². The second-order valence-corrected chi connectivity index (χ2v) is 5.77. The molecule has 13 heavy (non-hydrogen) atoms. The Bertz CT molecular complexity index is 160. The summed E-state index contributed by atoms with van der Waals surface area (Å²) in [6.45, 7) is 13.9. The van der Waals surface area contributed by atoms with Gasteiger partial charge in [-0.2, -0.15) is 0 Å². The lowest BCUT2D eigenvalue weighted by atomic mass is 9.81. The van der Waals surface area contributed by atoms with Crippen molar-refractivity contribution in [1.82, 2.24) is 5.32 Å². The van der Waals surface area contributed by atoms with Crippen LogP contribution in [0.5, 0.6) is 0 Å². The summed E-state index contributed by atoms with van der Waals surface area (Å²) < 4.78 is 0. The Morgan fingerprint density at radius 2 is 1.62 bits per heavy atom. The van der Waals surface area contributed by atoms with Crippen molar-refractivity contribution in [2.45, 2.75) is 47.1 Å². The first-order valence-corrected chi connectivity index (χ1v) is 4.92. The lowest BCUT2D eigenvalue weighted by Crippen LogP contribution is -2.42. The number of hydrogen-bond acceptors (Lipinski definition) is 2. The normalized spacial score (nSPS) is 15.5. The summed E-state index contributed by atoms with van der Waals surface area (Å²) in [5.41, 5.74) is 0.326. The zero-order chi connectivity index (χ0) is 10.7. The first kappa shape index (κ1) is 12.6. The Labute approximate surface area is 82.6 Å². The fourth-order valence-electron chi connectivity index (χ4n) is 1.03. The Balaban J connectivity index is 4.09. The first-order chi connectivity index (χ1) is 5.67. The molecule has 0 saturated carbocycles. The molecule has 0 heterocycles. The quantitative estimate of drug-likeness (QED) is 0.650. The highest BCUT2D eigenvalue weighted by atomic mass is 14.9. The number of hydrogen-bond donors (Lipinski definition) is 2. The molecule has 0 aromatic rings. The molecular weight excluding hydrogens is 160 g/mol. The van der Waals surface area contributed by atoms with Gasteiger partial charge in [0.05, 0.1) is 0 Å². The van der Waals surface area contributed by atoms with Gasteiger partial charge >= 0.3 is 0 Å². The maximum atomic E-state index is 7.36. The summed E-state index contributed by atoms with van der Waals surface area (Å²) in [5.74, 6) is 0.312. The third kappa shape index (κ3) is 5.81. The summed E-state index contributed by atoms with van der Waals surface area (Å²) in [6.07, 6.45) is 1.55. The Morgan fingerprint density at radius 3 is 1.85 bits per heavy atom. The van der Waals surface area contributed by atoms with E-state index in [1.54, 1.807) is 6.21 Å². The van der Waals surface area contributed by atoms with Crippen molar-refractivity contribution in [2.75, 3.05) is 6.54 Å². The molecule has 0 aromatic heterocycles. The van der Waals surface area contributed by atoms with Gasteiger partial charge in [-0.25, -0.2) is 0 Å². The monoisotopic (exact) mass is 184 g/mol. The SMILES string of the molecule is CC(C)(C)NCC(C=N)C(C)(C)C. The van der Waals surface area contributed by atoms with Crippen molar-refractivity contribution in [3.63, 3.8) is 0 Å². The molecule has 0 aliphatic rings. The predicted octanol–water partition coefficient (Wildman–Crippen LogP) is 2.69. The Hall–Kier alpha value is -0.370. The molecule has 1 atom stereocenters. The van der Waals surface area contributed by atoms with E-state index in [1.165, 1.54) is 0 Å². The van der Waals surface area contributed by atoms with E-state index in [9.17, 15) is 0 Å². The molecule has 0 aliphatic heterocycles. The van der Waals surface area contributed by atoms with Crippen molar-refractivity contribution >= 4 is 6.21 Å². The molecule has 0 saturated heterocycles. The zero-order valence-electron chi connectivity index (χ0n) is 9.86. The molecule has 0 spiro atoms. The molecule has 0 amide bonds. The first-order valence-electron chi connectivity index (χ1n) is 4.92. The molecular formula is C11H24N2. The average Bonchev–Trinajstić information content (AvgIpc) is 1.82.